The van der Waals surface area contributed by atoms with Crippen molar-refractivity contribution >= 4 is 33.3 Å². The molecule has 3 heterocycles. The van der Waals surface area contributed by atoms with E-state index in [0.29, 0.717) is 17.6 Å². The van der Waals surface area contributed by atoms with Gasteiger partial charge in [-0.25, -0.2) is 9.98 Å². The monoisotopic (exact) mass is 589 g/mol. The Labute approximate surface area is 260 Å². The standard InChI is InChI=1S/C38H31N5O2/c1-25-32(15-10-22-39-25)43-33-24-29(40-35(27-11-6-4-7-12-27)28-13-8-5-9-14-28)18-21-31(33)37-36(38(43)44)41-34(42(37)2)23-26-16-19-30(45-3)20-17-26/h4-22,24H,23H2,1-3H3. The van der Waals surface area contributed by atoms with Crippen LogP contribution < -0.4 is 10.3 Å². The number of aromatic nitrogens is 4. The third kappa shape index (κ3) is 5.18. The topological polar surface area (TPSA) is 74.3 Å². The van der Waals surface area contributed by atoms with Gasteiger partial charge in [0, 0.05) is 36.2 Å². The quantitative estimate of drug-likeness (QED) is 0.182. The Morgan fingerprint density at radius 3 is 2.18 bits per heavy atom. The van der Waals surface area contributed by atoms with Crippen LogP contribution in [-0.2, 0) is 13.5 Å². The second kappa shape index (κ2) is 11.7. The summed E-state index contributed by atoms with van der Waals surface area (Å²) < 4.78 is 9.09. The first kappa shape index (κ1) is 28.0. The van der Waals surface area contributed by atoms with Gasteiger partial charge in [0.05, 0.1) is 40.9 Å². The van der Waals surface area contributed by atoms with Gasteiger partial charge < -0.3 is 9.30 Å². The van der Waals surface area contributed by atoms with Crippen LogP contribution in [0.5, 0.6) is 5.75 Å². The van der Waals surface area contributed by atoms with Crippen LogP contribution in [0.15, 0.2) is 131 Å². The number of hydrogen-bond donors (Lipinski definition) is 0. The molecule has 0 N–H and O–H groups in total. The second-order valence-corrected chi connectivity index (χ2v) is 11.0. The Bertz CT molecular complexity index is 2210. The van der Waals surface area contributed by atoms with Gasteiger partial charge in [-0.05, 0) is 55.0 Å². The second-order valence-electron chi connectivity index (χ2n) is 11.0. The third-order valence-electron chi connectivity index (χ3n) is 8.15. The number of benzene rings is 4. The molecular formula is C38H31N5O2. The molecule has 0 amide bonds. The number of ether oxygens (including phenoxy) is 1. The zero-order valence-electron chi connectivity index (χ0n) is 25.3. The van der Waals surface area contributed by atoms with Gasteiger partial charge >= 0.3 is 0 Å². The first-order chi connectivity index (χ1) is 22.0. The van der Waals surface area contributed by atoms with Gasteiger partial charge in [0.1, 0.15) is 11.6 Å². The molecule has 45 heavy (non-hydrogen) atoms. The average Bonchev–Trinajstić information content (AvgIpc) is 3.41. The van der Waals surface area contributed by atoms with Crippen molar-refractivity contribution in [3.63, 3.8) is 0 Å². The Morgan fingerprint density at radius 2 is 1.53 bits per heavy atom. The summed E-state index contributed by atoms with van der Waals surface area (Å²) in [6, 6.07) is 38.0. The molecule has 7 nitrogen and oxygen atoms in total. The molecule has 7 rings (SSSR count). The van der Waals surface area contributed by atoms with E-state index in [1.807, 2.05) is 110 Å². The van der Waals surface area contributed by atoms with Crippen molar-refractivity contribution < 1.29 is 4.74 Å². The number of fused-ring (bicyclic) bond motifs is 3. The summed E-state index contributed by atoms with van der Waals surface area (Å²) in [4.78, 5) is 29.0. The predicted octanol–water partition coefficient (Wildman–Crippen LogP) is 7.35. The van der Waals surface area contributed by atoms with E-state index in [-0.39, 0.29) is 5.56 Å². The minimum atomic E-state index is -0.197. The zero-order chi connectivity index (χ0) is 30.9. The SMILES string of the molecule is COc1ccc(Cc2nc3c(=O)n(-c4cccnc4C)c4cc(N=C(c5ccccc5)c5ccccc5)ccc4c3n2C)cc1. The summed E-state index contributed by atoms with van der Waals surface area (Å²) in [6.45, 7) is 1.91. The molecule has 0 aliphatic heterocycles. The molecule has 220 valence electrons. The van der Waals surface area contributed by atoms with Gasteiger partial charge in [0.25, 0.3) is 5.56 Å². The highest BCUT2D eigenvalue weighted by molar-refractivity contribution is 6.14. The van der Waals surface area contributed by atoms with Crippen molar-refractivity contribution in [2.75, 3.05) is 7.11 Å². The van der Waals surface area contributed by atoms with Crippen LogP contribution in [0, 0.1) is 6.92 Å². The Kier molecular flexibility index (Phi) is 7.27. The Balaban J connectivity index is 1.47. The fourth-order valence-corrected chi connectivity index (χ4v) is 5.84. The molecular weight excluding hydrogens is 558 g/mol. The van der Waals surface area contributed by atoms with Crippen molar-refractivity contribution in [3.05, 3.63) is 160 Å². The Hall–Kier alpha value is -5.82. The number of methoxy groups -OCH3 is 1. The third-order valence-corrected chi connectivity index (χ3v) is 8.15. The molecule has 0 radical (unpaired) electrons. The Morgan fingerprint density at radius 1 is 0.844 bits per heavy atom. The fraction of sp³-hybridized carbons (Fsp3) is 0.105. The van der Waals surface area contributed by atoms with Gasteiger partial charge in [-0.1, -0.05) is 72.8 Å². The molecule has 0 saturated heterocycles. The van der Waals surface area contributed by atoms with Gasteiger partial charge in [-0.15, -0.1) is 0 Å². The molecule has 0 spiro atoms. The lowest BCUT2D eigenvalue weighted by Crippen LogP contribution is -2.20. The highest BCUT2D eigenvalue weighted by Crippen LogP contribution is 2.31. The van der Waals surface area contributed by atoms with Crippen LogP contribution in [0.2, 0.25) is 0 Å². The first-order valence-electron chi connectivity index (χ1n) is 14.8. The number of aryl methyl sites for hydroxylation is 2. The first-order valence-corrected chi connectivity index (χ1v) is 14.8. The molecule has 0 atom stereocenters. The highest BCUT2D eigenvalue weighted by Gasteiger charge is 2.21. The maximum Gasteiger partial charge on any atom is 0.283 e. The van der Waals surface area contributed by atoms with Crippen LogP contribution in [0.1, 0.15) is 28.2 Å². The molecule has 0 bridgehead atoms. The minimum absolute atomic E-state index is 0.197. The number of hydrogen-bond acceptors (Lipinski definition) is 5. The maximum atomic E-state index is 14.4. The van der Waals surface area contributed by atoms with Crippen molar-refractivity contribution in [2.45, 2.75) is 13.3 Å². The molecule has 7 heteroatoms. The number of imidazole rings is 1. The molecule has 0 fully saturated rings. The number of pyridine rings is 2. The van der Waals surface area contributed by atoms with E-state index in [0.717, 1.165) is 61.8 Å². The molecule has 0 aliphatic carbocycles. The zero-order valence-corrected chi connectivity index (χ0v) is 25.3. The van der Waals surface area contributed by atoms with Crippen LogP contribution >= 0.6 is 0 Å². The molecule has 0 saturated carbocycles. The smallest absolute Gasteiger partial charge is 0.283 e. The average molecular weight is 590 g/mol. The van der Waals surface area contributed by atoms with Crippen molar-refractivity contribution in [1.29, 1.82) is 0 Å². The number of rotatable bonds is 7. The largest absolute Gasteiger partial charge is 0.497 e. The predicted molar refractivity (Wildman–Crippen MR) is 180 cm³/mol. The van der Waals surface area contributed by atoms with E-state index < -0.39 is 0 Å². The van der Waals surface area contributed by atoms with E-state index in [9.17, 15) is 4.79 Å². The van der Waals surface area contributed by atoms with Gasteiger partial charge in [0.2, 0.25) is 0 Å². The summed E-state index contributed by atoms with van der Waals surface area (Å²) in [5, 5.41) is 0.906. The lowest BCUT2D eigenvalue weighted by atomic mass is 10.0. The van der Waals surface area contributed by atoms with Crippen LogP contribution in [-0.4, -0.2) is 31.9 Å². The highest BCUT2D eigenvalue weighted by atomic mass is 16.5. The maximum absolute atomic E-state index is 14.4. The van der Waals surface area contributed by atoms with Gasteiger partial charge in [-0.3, -0.25) is 14.3 Å². The fourth-order valence-electron chi connectivity index (χ4n) is 5.84. The summed E-state index contributed by atoms with van der Waals surface area (Å²) >= 11 is 0. The van der Waals surface area contributed by atoms with E-state index >= 15 is 0 Å². The van der Waals surface area contributed by atoms with Crippen molar-refractivity contribution in [3.8, 4) is 11.4 Å². The number of aliphatic imine (C=N–C) groups is 1. The van der Waals surface area contributed by atoms with Gasteiger partial charge in [-0.2, -0.15) is 0 Å². The molecule has 7 aromatic rings. The van der Waals surface area contributed by atoms with E-state index in [1.165, 1.54) is 0 Å². The number of nitrogens with zero attached hydrogens (tertiary/aromatic N) is 5. The molecule has 4 aromatic carbocycles. The summed E-state index contributed by atoms with van der Waals surface area (Å²) in [5.74, 6) is 1.59. The van der Waals surface area contributed by atoms with E-state index in [2.05, 4.69) is 29.2 Å². The lowest BCUT2D eigenvalue weighted by molar-refractivity contribution is 0.414. The minimum Gasteiger partial charge on any atom is -0.497 e. The van der Waals surface area contributed by atoms with Crippen molar-refractivity contribution in [2.24, 2.45) is 12.0 Å². The molecule has 0 unspecified atom stereocenters. The van der Waals surface area contributed by atoms with Crippen molar-refractivity contribution in [1.82, 2.24) is 19.1 Å². The lowest BCUT2D eigenvalue weighted by Gasteiger charge is -2.14. The normalized spacial score (nSPS) is 11.2. The van der Waals surface area contributed by atoms with Crippen LogP contribution in [0.4, 0.5) is 5.69 Å². The van der Waals surface area contributed by atoms with Crippen LogP contribution in [0.3, 0.4) is 0 Å². The van der Waals surface area contributed by atoms with Gasteiger partial charge in [0.15, 0.2) is 5.52 Å². The van der Waals surface area contributed by atoms with E-state index in [1.54, 1.807) is 17.9 Å². The summed E-state index contributed by atoms with van der Waals surface area (Å²) in [6.07, 6.45) is 2.31. The molecule has 0 aliphatic rings. The molecule has 3 aromatic heterocycles. The summed E-state index contributed by atoms with van der Waals surface area (Å²) in [7, 11) is 3.63. The summed E-state index contributed by atoms with van der Waals surface area (Å²) in [5.41, 5.74) is 7.90. The van der Waals surface area contributed by atoms with E-state index in [4.69, 9.17) is 14.7 Å². The van der Waals surface area contributed by atoms with Crippen LogP contribution in [0.25, 0.3) is 27.6 Å².